The van der Waals surface area contributed by atoms with Gasteiger partial charge in [-0.2, -0.15) is 4.98 Å². The molecule has 1 amide bonds. The van der Waals surface area contributed by atoms with Crippen molar-refractivity contribution in [3.63, 3.8) is 0 Å². The van der Waals surface area contributed by atoms with Crippen molar-refractivity contribution < 1.29 is 13.9 Å². The molecule has 3 aromatic heterocycles. The second kappa shape index (κ2) is 7.92. The van der Waals surface area contributed by atoms with Gasteiger partial charge in [0.2, 0.25) is 17.5 Å². The van der Waals surface area contributed by atoms with Crippen LogP contribution in [0.3, 0.4) is 0 Å². The van der Waals surface area contributed by atoms with Crippen LogP contribution in [-0.2, 0) is 6.54 Å². The minimum absolute atomic E-state index is 0.00896. The van der Waals surface area contributed by atoms with Crippen molar-refractivity contribution in [2.45, 2.75) is 19.5 Å². The zero-order valence-electron chi connectivity index (χ0n) is 17.8. The van der Waals surface area contributed by atoms with Crippen LogP contribution in [0, 0.1) is 0 Å². The highest BCUT2D eigenvalue weighted by molar-refractivity contribution is 6.29. The van der Waals surface area contributed by atoms with E-state index >= 15 is 0 Å². The molecular formula is C22H21ClN6O3. The molecule has 0 spiro atoms. The molecule has 9 nitrogen and oxygen atoms in total. The molecule has 0 bridgehead atoms. The summed E-state index contributed by atoms with van der Waals surface area (Å²) in [7, 11) is 3.85. The first-order valence-corrected chi connectivity index (χ1v) is 10.5. The van der Waals surface area contributed by atoms with Gasteiger partial charge in [-0.05, 0) is 39.2 Å². The molecule has 5 rings (SSSR count). The van der Waals surface area contributed by atoms with Crippen LogP contribution in [0.1, 0.15) is 23.3 Å². The summed E-state index contributed by atoms with van der Waals surface area (Å²) in [5.74, 6) is 1.29. The average Bonchev–Trinajstić information content (AvgIpc) is 3.04. The van der Waals surface area contributed by atoms with E-state index in [0.29, 0.717) is 52.6 Å². The molecule has 164 valence electrons. The number of carbonyl (C=O) groups is 1. The number of nitrogens with one attached hydrogen (secondary N) is 2. The van der Waals surface area contributed by atoms with Gasteiger partial charge in [0.15, 0.2) is 0 Å². The standard InChI is InChI=1S/C22H21ClN6O3/c1-11-9-24-20-19-12-4-7-17(32-18-8-15(23)27-16(28-18)10-29(2)3)26-13(12)5-6-14(19)31-21(20)22(30)25-11/h4-8,11,24H,9-10H2,1-3H3,(H,25,30)/t11-/m1/s1. The lowest BCUT2D eigenvalue weighted by molar-refractivity contribution is 0.0920. The molecule has 1 atom stereocenters. The second-order valence-electron chi connectivity index (χ2n) is 8.00. The predicted molar refractivity (Wildman–Crippen MR) is 121 cm³/mol. The number of pyridine rings is 1. The SMILES string of the molecule is C[C@@H]1CNc2c(oc3ccc4nc(Oc5cc(Cl)nc(CN(C)C)n5)ccc4c23)C(=O)N1. The fourth-order valence-corrected chi connectivity index (χ4v) is 3.91. The van der Waals surface area contributed by atoms with E-state index in [2.05, 4.69) is 25.6 Å². The number of ether oxygens (including phenoxy) is 1. The van der Waals surface area contributed by atoms with Crippen LogP contribution in [0.2, 0.25) is 5.15 Å². The van der Waals surface area contributed by atoms with E-state index in [-0.39, 0.29) is 17.7 Å². The van der Waals surface area contributed by atoms with Gasteiger partial charge in [0.25, 0.3) is 5.91 Å². The molecule has 0 aliphatic carbocycles. The van der Waals surface area contributed by atoms with Gasteiger partial charge in [-0.25, -0.2) is 9.97 Å². The first-order valence-electron chi connectivity index (χ1n) is 10.1. The third-order valence-electron chi connectivity index (χ3n) is 5.05. The van der Waals surface area contributed by atoms with Crippen LogP contribution in [-0.4, -0.2) is 52.4 Å². The first-order chi connectivity index (χ1) is 15.4. The lowest BCUT2D eigenvalue weighted by Crippen LogP contribution is -2.34. The fraction of sp³-hybridized carbons (Fsp3) is 0.273. The van der Waals surface area contributed by atoms with Gasteiger partial charge in [0, 0.05) is 30.1 Å². The maximum Gasteiger partial charge on any atom is 0.289 e. The predicted octanol–water partition coefficient (Wildman–Crippen LogP) is 3.82. The Morgan fingerprint density at radius 3 is 2.84 bits per heavy atom. The molecule has 2 N–H and O–H groups in total. The van der Waals surface area contributed by atoms with E-state index in [1.165, 1.54) is 0 Å². The van der Waals surface area contributed by atoms with Gasteiger partial charge in [-0.3, -0.25) is 4.79 Å². The van der Waals surface area contributed by atoms with Crippen molar-refractivity contribution >= 4 is 45.1 Å². The molecule has 0 fully saturated rings. The number of furan rings is 1. The van der Waals surface area contributed by atoms with Crippen molar-refractivity contribution in [3.05, 3.63) is 47.1 Å². The highest BCUT2D eigenvalue weighted by Gasteiger charge is 2.26. The Kier molecular flexibility index (Phi) is 5.07. The molecule has 1 aliphatic rings. The monoisotopic (exact) mass is 452 g/mol. The van der Waals surface area contributed by atoms with Crippen LogP contribution >= 0.6 is 11.6 Å². The van der Waals surface area contributed by atoms with Gasteiger partial charge < -0.3 is 24.7 Å². The summed E-state index contributed by atoms with van der Waals surface area (Å²) < 4.78 is 11.7. The fourth-order valence-electron chi connectivity index (χ4n) is 3.72. The maximum absolute atomic E-state index is 12.5. The Morgan fingerprint density at radius 2 is 2.03 bits per heavy atom. The molecule has 4 heterocycles. The molecule has 1 aromatic carbocycles. The number of benzene rings is 1. The molecule has 1 aliphatic heterocycles. The van der Waals surface area contributed by atoms with Gasteiger partial charge in [0.1, 0.15) is 16.6 Å². The lowest BCUT2D eigenvalue weighted by atomic mass is 10.1. The zero-order chi connectivity index (χ0) is 22.4. The molecular weight excluding hydrogens is 432 g/mol. The Labute approximate surface area is 188 Å². The molecule has 0 saturated heterocycles. The number of fused-ring (bicyclic) bond motifs is 5. The quantitative estimate of drug-likeness (QED) is 0.450. The number of carbonyl (C=O) groups excluding carboxylic acids is 1. The van der Waals surface area contributed by atoms with Crippen molar-refractivity contribution in [2.75, 3.05) is 26.0 Å². The summed E-state index contributed by atoms with van der Waals surface area (Å²) in [5, 5.41) is 8.21. The van der Waals surface area contributed by atoms with Gasteiger partial charge in [0.05, 0.1) is 23.1 Å². The summed E-state index contributed by atoms with van der Waals surface area (Å²) in [4.78, 5) is 27.7. The molecule has 10 heteroatoms. The Morgan fingerprint density at radius 1 is 1.19 bits per heavy atom. The largest absolute Gasteiger partial charge is 0.449 e. The summed E-state index contributed by atoms with van der Waals surface area (Å²) in [5.41, 5.74) is 2.00. The van der Waals surface area contributed by atoms with Crippen molar-refractivity contribution in [1.29, 1.82) is 0 Å². The minimum atomic E-state index is -0.232. The highest BCUT2D eigenvalue weighted by Crippen LogP contribution is 2.37. The molecule has 4 aromatic rings. The zero-order valence-corrected chi connectivity index (χ0v) is 18.5. The molecule has 32 heavy (non-hydrogen) atoms. The third-order valence-corrected chi connectivity index (χ3v) is 5.24. The van der Waals surface area contributed by atoms with E-state index in [1.807, 2.05) is 38.1 Å². The van der Waals surface area contributed by atoms with E-state index in [4.69, 9.17) is 20.8 Å². The number of halogens is 1. The van der Waals surface area contributed by atoms with Gasteiger partial charge in [-0.1, -0.05) is 11.6 Å². The highest BCUT2D eigenvalue weighted by atomic mass is 35.5. The number of aromatic nitrogens is 3. The second-order valence-corrected chi connectivity index (χ2v) is 8.39. The number of amides is 1. The van der Waals surface area contributed by atoms with Crippen LogP contribution in [0.15, 0.2) is 34.7 Å². The van der Waals surface area contributed by atoms with Crippen molar-refractivity contribution in [3.8, 4) is 11.8 Å². The summed E-state index contributed by atoms with van der Waals surface area (Å²) >= 11 is 6.13. The smallest absolute Gasteiger partial charge is 0.289 e. The summed E-state index contributed by atoms with van der Waals surface area (Å²) in [6.45, 7) is 3.07. The number of anilines is 1. The summed E-state index contributed by atoms with van der Waals surface area (Å²) in [6, 6.07) is 8.83. The number of rotatable bonds is 4. The van der Waals surface area contributed by atoms with Crippen LogP contribution in [0.25, 0.3) is 21.9 Å². The van der Waals surface area contributed by atoms with Crippen LogP contribution in [0.5, 0.6) is 11.8 Å². The Bertz CT molecular complexity index is 1350. The Hall–Kier alpha value is -3.43. The van der Waals surface area contributed by atoms with E-state index in [0.717, 1.165) is 10.8 Å². The normalized spacial score (nSPS) is 16.0. The van der Waals surface area contributed by atoms with E-state index < -0.39 is 0 Å². The van der Waals surface area contributed by atoms with Crippen LogP contribution < -0.4 is 15.4 Å². The van der Waals surface area contributed by atoms with Crippen molar-refractivity contribution in [2.24, 2.45) is 0 Å². The van der Waals surface area contributed by atoms with Crippen molar-refractivity contribution in [1.82, 2.24) is 25.2 Å². The summed E-state index contributed by atoms with van der Waals surface area (Å²) in [6.07, 6.45) is 0. The molecule has 0 radical (unpaired) electrons. The Balaban J connectivity index is 1.54. The van der Waals surface area contributed by atoms with Gasteiger partial charge in [-0.15, -0.1) is 0 Å². The van der Waals surface area contributed by atoms with E-state index in [9.17, 15) is 4.79 Å². The number of hydrogen-bond acceptors (Lipinski definition) is 8. The number of hydrogen-bond donors (Lipinski definition) is 2. The number of nitrogens with zero attached hydrogens (tertiary/aromatic N) is 4. The molecule has 0 unspecified atom stereocenters. The first kappa shape index (κ1) is 20.5. The van der Waals surface area contributed by atoms with Crippen LogP contribution in [0.4, 0.5) is 5.69 Å². The maximum atomic E-state index is 12.5. The molecule has 0 saturated carbocycles. The topological polar surface area (TPSA) is 105 Å². The van der Waals surface area contributed by atoms with E-state index in [1.54, 1.807) is 18.2 Å². The lowest BCUT2D eigenvalue weighted by Gasteiger charge is -2.11. The third kappa shape index (κ3) is 3.80. The van der Waals surface area contributed by atoms with Gasteiger partial charge >= 0.3 is 0 Å². The average molecular weight is 453 g/mol. The minimum Gasteiger partial charge on any atom is -0.449 e.